The molecule has 27 heavy (non-hydrogen) atoms. The molecule has 0 aromatic carbocycles. The minimum Gasteiger partial charge on any atom is -0.330 e. The molecule has 0 fully saturated rings. The Hall–Kier alpha value is -1.86. The third kappa shape index (κ3) is 3.89. The molecule has 2 atom stereocenters. The summed E-state index contributed by atoms with van der Waals surface area (Å²) in [6.45, 7) is 10.2. The molecule has 1 N–H and O–H groups in total. The van der Waals surface area contributed by atoms with Crippen LogP contribution in [0.5, 0.6) is 0 Å². The van der Waals surface area contributed by atoms with Crippen molar-refractivity contribution in [2.45, 2.75) is 45.7 Å². The average molecular weight is 391 g/mol. The molecule has 148 valence electrons. The van der Waals surface area contributed by atoms with E-state index in [1.54, 1.807) is 23.3 Å². The number of hydrogen-bond acceptors (Lipinski definition) is 4. The van der Waals surface area contributed by atoms with Gasteiger partial charge >= 0.3 is 6.03 Å². The van der Waals surface area contributed by atoms with Crippen LogP contribution in [0.3, 0.4) is 0 Å². The molecule has 0 unspecified atom stereocenters. The first-order valence-corrected chi connectivity index (χ1v) is 10.7. The van der Waals surface area contributed by atoms with Crippen LogP contribution in [0, 0.1) is 0 Å². The van der Waals surface area contributed by atoms with Crippen molar-refractivity contribution in [2.24, 2.45) is 0 Å². The van der Waals surface area contributed by atoms with E-state index in [4.69, 9.17) is 0 Å². The first kappa shape index (κ1) is 19.9. The van der Waals surface area contributed by atoms with E-state index < -0.39 is 0 Å². The van der Waals surface area contributed by atoms with E-state index in [-0.39, 0.29) is 24.0 Å². The summed E-state index contributed by atoms with van der Waals surface area (Å²) >= 11 is 1.57. The van der Waals surface area contributed by atoms with Crippen LogP contribution in [0.15, 0.2) is 28.8 Å². The van der Waals surface area contributed by atoms with Gasteiger partial charge in [0.2, 0.25) is 0 Å². The van der Waals surface area contributed by atoms with Gasteiger partial charge in [-0.25, -0.2) is 4.79 Å². The van der Waals surface area contributed by atoms with Gasteiger partial charge in [0.25, 0.3) is 5.91 Å². The summed E-state index contributed by atoms with van der Waals surface area (Å²) in [4.78, 5) is 32.6. The van der Waals surface area contributed by atoms with Crippen molar-refractivity contribution in [3.63, 3.8) is 0 Å². The van der Waals surface area contributed by atoms with Crippen molar-refractivity contribution in [3.05, 3.63) is 33.7 Å². The second kappa shape index (κ2) is 8.44. The number of hydrogen-bond donors (Lipinski definition) is 1. The number of rotatable bonds is 8. The summed E-state index contributed by atoms with van der Waals surface area (Å²) in [6.07, 6.45) is 2.04. The molecule has 3 rings (SSSR count). The molecular formula is C20H30N4O2S. The van der Waals surface area contributed by atoms with Gasteiger partial charge in [-0.1, -0.05) is 19.9 Å². The highest BCUT2D eigenvalue weighted by molar-refractivity contribution is 7.10. The number of urea groups is 1. The lowest BCUT2D eigenvalue weighted by molar-refractivity contribution is -0.127. The van der Waals surface area contributed by atoms with Gasteiger partial charge in [-0.2, -0.15) is 0 Å². The average Bonchev–Trinajstić information content (AvgIpc) is 3.30. The summed E-state index contributed by atoms with van der Waals surface area (Å²) in [7, 11) is 1.75. The number of carbonyl (C=O) groups is 2. The second-order valence-electron chi connectivity index (χ2n) is 7.27. The maximum atomic E-state index is 13.2. The topological polar surface area (TPSA) is 55.9 Å². The maximum absolute atomic E-state index is 13.2. The van der Waals surface area contributed by atoms with Crippen molar-refractivity contribution in [2.75, 3.05) is 33.2 Å². The van der Waals surface area contributed by atoms with E-state index in [9.17, 15) is 9.59 Å². The van der Waals surface area contributed by atoms with Gasteiger partial charge in [-0.05, 0) is 50.8 Å². The zero-order valence-electron chi connectivity index (χ0n) is 16.7. The Balaban J connectivity index is 1.72. The minimum absolute atomic E-state index is 0.0607. The largest absolute Gasteiger partial charge is 0.330 e. The van der Waals surface area contributed by atoms with Gasteiger partial charge in [0.05, 0.1) is 23.9 Å². The van der Waals surface area contributed by atoms with Gasteiger partial charge in [-0.15, -0.1) is 11.3 Å². The van der Waals surface area contributed by atoms with E-state index in [2.05, 4.69) is 31.0 Å². The van der Waals surface area contributed by atoms with Crippen LogP contribution in [0.2, 0.25) is 0 Å². The molecule has 7 heteroatoms. The molecule has 6 nitrogen and oxygen atoms in total. The van der Waals surface area contributed by atoms with E-state index in [1.807, 2.05) is 22.4 Å². The molecule has 0 saturated carbocycles. The first-order chi connectivity index (χ1) is 13.0. The fraction of sp³-hybridized carbons (Fsp3) is 0.600. The Bertz CT molecular complexity index is 712. The summed E-state index contributed by atoms with van der Waals surface area (Å²) in [5, 5.41) is 4.97. The van der Waals surface area contributed by atoms with Gasteiger partial charge < -0.3 is 15.1 Å². The Labute approximate surface area is 165 Å². The molecule has 0 radical (unpaired) electrons. The molecule has 2 aliphatic heterocycles. The van der Waals surface area contributed by atoms with Gasteiger partial charge in [0.15, 0.2) is 0 Å². The van der Waals surface area contributed by atoms with Crippen molar-refractivity contribution in [3.8, 4) is 0 Å². The quantitative estimate of drug-likeness (QED) is 0.742. The van der Waals surface area contributed by atoms with Crippen LogP contribution in [-0.2, 0) is 4.79 Å². The standard InChI is InChI=1S/C20H30N4O2S/c1-5-23(6-2)11-7-9-14(3)24-13-15-17(19(24)25)18(16-10-8-12-27-16)21-20(26)22(15)4/h8,10,12,14,18H,5-7,9,11,13H2,1-4H3,(H,21,26)/t14-,18-/m1/s1. The highest BCUT2D eigenvalue weighted by Gasteiger charge is 2.44. The minimum atomic E-state index is -0.330. The Kier molecular flexibility index (Phi) is 6.22. The zero-order valence-corrected chi connectivity index (χ0v) is 17.5. The summed E-state index contributed by atoms with van der Waals surface area (Å²) in [5.41, 5.74) is 1.58. The maximum Gasteiger partial charge on any atom is 0.322 e. The van der Waals surface area contributed by atoms with Crippen LogP contribution in [0.25, 0.3) is 0 Å². The molecule has 2 aliphatic rings. The first-order valence-electron chi connectivity index (χ1n) is 9.81. The second-order valence-corrected chi connectivity index (χ2v) is 8.25. The Morgan fingerprint density at radius 1 is 1.33 bits per heavy atom. The number of amides is 3. The molecule has 3 heterocycles. The number of nitrogens with zero attached hydrogens (tertiary/aromatic N) is 3. The third-order valence-corrected chi connectivity index (χ3v) is 6.68. The van der Waals surface area contributed by atoms with Crippen molar-refractivity contribution < 1.29 is 9.59 Å². The highest BCUT2D eigenvalue weighted by atomic mass is 32.1. The lowest BCUT2D eigenvalue weighted by Gasteiger charge is -2.30. The summed E-state index contributed by atoms with van der Waals surface area (Å²) in [6, 6.07) is 3.62. The SMILES string of the molecule is CCN(CC)CCC[C@@H](C)N1CC2=C(C1=O)[C@@H](c1cccs1)NC(=O)N2C. The molecule has 3 amide bonds. The van der Waals surface area contributed by atoms with Gasteiger partial charge in [-0.3, -0.25) is 9.69 Å². The molecule has 0 saturated heterocycles. The van der Waals surface area contributed by atoms with E-state index >= 15 is 0 Å². The Morgan fingerprint density at radius 2 is 2.07 bits per heavy atom. The van der Waals surface area contributed by atoms with E-state index in [0.717, 1.165) is 48.6 Å². The lowest BCUT2D eigenvalue weighted by atomic mass is 10.0. The normalized spacial score (nSPS) is 21.1. The third-order valence-electron chi connectivity index (χ3n) is 5.74. The van der Waals surface area contributed by atoms with Crippen molar-refractivity contribution in [1.29, 1.82) is 0 Å². The van der Waals surface area contributed by atoms with Gasteiger partial charge in [0.1, 0.15) is 0 Å². The zero-order chi connectivity index (χ0) is 19.6. The number of thiophene rings is 1. The smallest absolute Gasteiger partial charge is 0.322 e. The van der Waals surface area contributed by atoms with Crippen LogP contribution in [0.1, 0.15) is 44.5 Å². The van der Waals surface area contributed by atoms with E-state index in [1.165, 1.54) is 0 Å². The molecule has 0 spiro atoms. The van der Waals surface area contributed by atoms with E-state index in [0.29, 0.717) is 6.54 Å². The van der Waals surface area contributed by atoms with Crippen LogP contribution in [0.4, 0.5) is 4.79 Å². The van der Waals surface area contributed by atoms with Crippen molar-refractivity contribution >= 4 is 23.3 Å². The fourth-order valence-electron chi connectivity index (χ4n) is 3.92. The van der Waals surface area contributed by atoms with Crippen LogP contribution < -0.4 is 5.32 Å². The molecule has 0 bridgehead atoms. The monoisotopic (exact) mass is 390 g/mol. The fourth-order valence-corrected chi connectivity index (χ4v) is 4.70. The number of carbonyl (C=O) groups excluding carboxylic acids is 2. The predicted octanol–water partition coefficient (Wildman–Crippen LogP) is 3.05. The summed E-state index contributed by atoms with van der Waals surface area (Å²) in [5.74, 6) is 0.0607. The van der Waals surface area contributed by atoms with Crippen molar-refractivity contribution in [1.82, 2.24) is 20.0 Å². The number of nitrogens with one attached hydrogen (secondary N) is 1. The molecule has 1 aromatic heterocycles. The highest BCUT2D eigenvalue weighted by Crippen LogP contribution is 2.38. The lowest BCUT2D eigenvalue weighted by Crippen LogP contribution is -2.45. The van der Waals surface area contributed by atoms with Gasteiger partial charge in [0, 0.05) is 18.0 Å². The predicted molar refractivity (Wildman–Crippen MR) is 109 cm³/mol. The number of likely N-dealkylation sites (N-methyl/N-ethyl adjacent to an activating group) is 1. The van der Waals surface area contributed by atoms with Crippen LogP contribution in [-0.4, -0.2) is 65.9 Å². The Morgan fingerprint density at radius 3 is 2.70 bits per heavy atom. The molecule has 1 aromatic rings. The molecule has 0 aliphatic carbocycles. The molecular weight excluding hydrogens is 360 g/mol. The summed E-state index contributed by atoms with van der Waals surface area (Å²) < 4.78 is 0. The van der Waals surface area contributed by atoms with Crippen LogP contribution >= 0.6 is 11.3 Å².